The minimum Gasteiger partial charge on any atom is -0.372 e. The largest absolute Gasteiger partial charge is 0.372 e. The minimum atomic E-state index is 0.118. The molecule has 1 saturated heterocycles. The second-order valence-electron chi connectivity index (χ2n) is 8.35. The molecule has 2 aliphatic rings. The number of hydrazine groups is 1. The maximum absolute atomic E-state index is 6.24. The van der Waals surface area contributed by atoms with E-state index < -0.39 is 0 Å². The Morgan fingerprint density at radius 2 is 1.86 bits per heavy atom. The molecule has 0 aromatic heterocycles. The third-order valence-electron chi connectivity index (χ3n) is 5.84. The van der Waals surface area contributed by atoms with E-state index in [-0.39, 0.29) is 6.10 Å². The summed E-state index contributed by atoms with van der Waals surface area (Å²) in [7, 11) is 0. The first kappa shape index (κ1) is 22.4. The quantitative estimate of drug-likeness (QED) is 0.622. The molecule has 3 unspecified atom stereocenters. The minimum absolute atomic E-state index is 0.118. The van der Waals surface area contributed by atoms with E-state index in [1.165, 1.54) is 43.2 Å². The summed E-state index contributed by atoms with van der Waals surface area (Å²) in [5, 5.41) is 9.46. The lowest BCUT2D eigenvalue weighted by atomic mass is 10.1. The molecule has 0 aliphatic carbocycles. The molecule has 0 radical (unpaired) electrons. The van der Waals surface area contributed by atoms with Crippen LogP contribution in [0, 0.1) is 0 Å². The van der Waals surface area contributed by atoms with Crippen molar-refractivity contribution in [3.05, 3.63) is 41.5 Å². The summed E-state index contributed by atoms with van der Waals surface area (Å²) >= 11 is 0. The zero-order valence-electron chi connectivity index (χ0n) is 18.2. The molecule has 3 N–H and O–H groups in total. The van der Waals surface area contributed by atoms with Gasteiger partial charge in [-0.05, 0) is 62.8 Å². The van der Waals surface area contributed by atoms with Crippen LogP contribution in [-0.4, -0.2) is 56.9 Å². The summed E-state index contributed by atoms with van der Waals surface area (Å²) in [5.41, 5.74) is 6.20. The summed E-state index contributed by atoms with van der Waals surface area (Å²) in [6, 6.07) is 9.19. The van der Waals surface area contributed by atoms with Crippen LogP contribution in [0.4, 0.5) is 0 Å². The van der Waals surface area contributed by atoms with E-state index >= 15 is 0 Å². The number of fused-ring (bicyclic) bond motifs is 4. The number of hydrogen-bond acceptors (Lipinski definition) is 5. The molecule has 2 heterocycles. The van der Waals surface area contributed by atoms with Gasteiger partial charge in [0.05, 0.1) is 12.7 Å². The smallest absolute Gasteiger partial charge is 0.0797 e. The van der Waals surface area contributed by atoms with Crippen LogP contribution in [0.3, 0.4) is 0 Å². The van der Waals surface area contributed by atoms with Crippen molar-refractivity contribution in [1.29, 1.82) is 0 Å². The fourth-order valence-corrected chi connectivity index (χ4v) is 4.03. The molecule has 0 spiro atoms. The van der Waals surface area contributed by atoms with Gasteiger partial charge >= 0.3 is 0 Å². The normalized spacial score (nSPS) is 29.9. The van der Waals surface area contributed by atoms with Gasteiger partial charge in [-0.1, -0.05) is 36.8 Å². The van der Waals surface area contributed by atoms with Crippen molar-refractivity contribution in [2.45, 2.75) is 57.6 Å². The molecular formula is C24H40N4O. The van der Waals surface area contributed by atoms with Gasteiger partial charge in [0.1, 0.15) is 0 Å². The molecule has 29 heavy (non-hydrogen) atoms. The first-order chi connectivity index (χ1) is 14.3. The van der Waals surface area contributed by atoms with E-state index in [9.17, 15) is 0 Å². The van der Waals surface area contributed by atoms with Gasteiger partial charge in [-0.25, -0.2) is 10.4 Å². The maximum Gasteiger partial charge on any atom is 0.0797 e. The zero-order valence-corrected chi connectivity index (χ0v) is 18.2. The summed E-state index contributed by atoms with van der Waals surface area (Å²) < 4.78 is 6.24. The molecule has 2 aliphatic heterocycles. The molecule has 3 atom stereocenters. The van der Waals surface area contributed by atoms with Crippen molar-refractivity contribution in [2.75, 3.05) is 45.9 Å². The average molecular weight is 401 g/mol. The summed E-state index contributed by atoms with van der Waals surface area (Å²) in [5.74, 6) is 0. The van der Waals surface area contributed by atoms with Crippen molar-refractivity contribution < 1.29 is 4.74 Å². The predicted octanol–water partition coefficient (Wildman–Crippen LogP) is 3.50. The van der Waals surface area contributed by atoms with Gasteiger partial charge in [-0.3, -0.25) is 0 Å². The van der Waals surface area contributed by atoms with Crippen LogP contribution >= 0.6 is 0 Å². The van der Waals surface area contributed by atoms with E-state index in [1.807, 2.05) is 0 Å². The molecule has 162 valence electrons. The first-order valence-electron chi connectivity index (χ1n) is 11.6. The Morgan fingerprint density at radius 3 is 2.79 bits per heavy atom. The summed E-state index contributed by atoms with van der Waals surface area (Å²) in [6.45, 7) is 9.34. The van der Waals surface area contributed by atoms with Crippen LogP contribution < -0.4 is 16.1 Å². The van der Waals surface area contributed by atoms with Crippen molar-refractivity contribution in [1.82, 2.24) is 21.1 Å². The van der Waals surface area contributed by atoms with Crippen molar-refractivity contribution >= 4 is 6.08 Å². The van der Waals surface area contributed by atoms with Crippen LogP contribution in [0.25, 0.3) is 6.08 Å². The molecule has 0 saturated carbocycles. The second kappa shape index (κ2) is 13.1. The van der Waals surface area contributed by atoms with Crippen LogP contribution in [0.1, 0.15) is 62.7 Å². The highest BCUT2D eigenvalue weighted by atomic mass is 16.5. The van der Waals surface area contributed by atoms with Crippen molar-refractivity contribution in [2.24, 2.45) is 0 Å². The van der Waals surface area contributed by atoms with Gasteiger partial charge in [0.25, 0.3) is 0 Å². The van der Waals surface area contributed by atoms with E-state index in [4.69, 9.17) is 4.74 Å². The standard InChI is InChI=1S/C24H40N4O/c1-21-23-11-7-10-22(19-23)9-5-3-2-4-6-13-25-14-15-26-16-18-28-17-8-12-24(27-28)20-29-21/h5,7,9-11,19,21,24-27H,2-4,6,8,12-18,20H2,1H3/b9-5-. The molecule has 1 aromatic rings. The number of nitrogens with one attached hydrogen (secondary N) is 3. The molecular weight excluding hydrogens is 360 g/mol. The maximum atomic E-state index is 6.24. The molecule has 1 fully saturated rings. The predicted molar refractivity (Wildman–Crippen MR) is 122 cm³/mol. The van der Waals surface area contributed by atoms with Gasteiger partial charge < -0.3 is 15.4 Å². The SMILES string of the molecule is CC1OCC2CCCN(CCNCCNCCCCC/C=C\c3cccc1c3)N2. The number of allylic oxidation sites excluding steroid dienone is 1. The molecule has 0 amide bonds. The first-order valence-corrected chi connectivity index (χ1v) is 11.6. The molecule has 3 rings (SSSR count). The number of hydrogen-bond donors (Lipinski definition) is 3. The Morgan fingerprint density at radius 1 is 0.966 bits per heavy atom. The van der Waals surface area contributed by atoms with Gasteiger partial charge in [0.15, 0.2) is 0 Å². The zero-order chi connectivity index (χ0) is 20.2. The van der Waals surface area contributed by atoms with E-state index in [2.05, 4.69) is 64.4 Å². The van der Waals surface area contributed by atoms with Gasteiger partial charge in [0, 0.05) is 38.8 Å². The van der Waals surface area contributed by atoms with Crippen LogP contribution in [0.5, 0.6) is 0 Å². The third kappa shape index (κ3) is 8.57. The molecule has 4 bridgehead atoms. The lowest BCUT2D eigenvalue weighted by Crippen LogP contribution is -2.53. The van der Waals surface area contributed by atoms with Crippen LogP contribution in [0.2, 0.25) is 0 Å². The highest BCUT2D eigenvalue weighted by molar-refractivity contribution is 5.50. The van der Waals surface area contributed by atoms with Gasteiger partial charge in [0.2, 0.25) is 0 Å². The van der Waals surface area contributed by atoms with Gasteiger partial charge in [-0.15, -0.1) is 0 Å². The van der Waals surface area contributed by atoms with Crippen LogP contribution in [-0.2, 0) is 4.74 Å². The van der Waals surface area contributed by atoms with E-state index in [0.717, 1.165) is 52.3 Å². The lowest BCUT2D eigenvalue weighted by molar-refractivity contribution is 0.0107. The van der Waals surface area contributed by atoms with E-state index in [1.54, 1.807) is 0 Å². The summed E-state index contributed by atoms with van der Waals surface area (Å²) in [4.78, 5) is 0. The Hall–Kier alpha value is -1.24. The summed E-state index contributed by atoms with van der Waals surface area (Å²) in [6.07, 6.45) is 12.1. The molecule has 5 nitrogen and oxygen atoms in total. The highest BCUT2D eigenvalue weighted by Crippen LogP contribution is 2.20. The average Bonchev–Trinajstić information content (AvgIpc) is 2.75. The highest BCUT2D eigenvalue weighted by Gasteiger charge is 2.20. The molecule has 5 heteroatoms. The number of ether oxygens (including phenoxy) is 1. The van der Waals surface area contributed by atoms with E-state index in [0.29, 0.717) is 6.04 Å². The fraction of sp³-hybridized carbons (Fsp3) is 0.667. The number of benzene rings is 1. The third-order valence-corrected chi connectivity index (χ3v) is 5.84. The monoisotopic (exact) mass is 400 g/mol. The van der Waals surface area contributed by atoms with Crippen LogP contribution in [0.15, 0.2) is 30.3 Å². The number of nitrogens with zero attached hydrogens (tertiary/aromatic N) is 1. The fourth-order valence-electron chi connectivity index (χ4n) is 4.03. The topological polar surface area (TPSA) is 48.6 Å². The lowest BCUT2D eigenvalue weighted by Gasteiger charge is -2.34. The Balaban J connectivity index is 1.56. The van der Waals surface area contributed by atoms with Crippen molar-refractivity contribution in [3.8, 4) is 0 Å². The second-order valence-corrected chi connectivity index (χ2v) is 8.35. The van der Waals surface area contributed by atoms with Crippen molar-refractivity contribution in [3.63, 3.8) is 0 Å². The Labute approximate surface area is 177 Å². The van der Waals surface area contributed by atoms with Gasteiger partial charge in [-0.2, -0.15) is 0 Å². The molecule has 1 aromatic carbocycles. The Bertz CT molecular complexity index is 606. The Kier molecular flexibility index (Phi) is 10.2. The number of rotatable bonds is 0.